The molecule has 2 heterocycles. The first-order chi connectivity index (χ1) is 13.4. The van der Waals surface area contributed by atoms with Crippen LogP contribution < -0.4 is 0 Å². The van der Waals surface area contributed by atoms with Crippen LogP contribution in [-0.2, 0) is 16.4 Å². The van der Waals surface area contributed by atoms with E-state index in [0.717, 1.165) is 49.7 Å². The highest BCUT2D eigenvalue weighted by molar-refractivity contribution is 7.90. The Kier molecular flexibility index (Phi) is 5.25. The summed E-state index contributed by atoms with van der Waals surface area (Å²) in [5, 5.41) is 0.818. The topological polar surface area (TPSA) is 42.3 Å². The van der Waals surface area contributed by atoms with Gasteiger partial charge in [-0.15, -0.1) is 0 Å². The van der Waals surface area contributed by atoms with E-state index in [-0.39, 0.29) is 4.90 Å². The van der Waals surface area contributed by atoms with Gasteiger partial charge in [-0.2, -0.15) is 0 Å². The fraction of sp³-hybridized carbons (Fsp3) is 0.364. The zero-order valence-corrected chi connectivity index (χ0v) is 16.8. The molecule has 4 rings (SSSR count). The van der Waals surface area contributed by atoms with Crippen LogP contribution in [0, 0.1) is 11.7 Å². The fourth-order valence-corrected chi connectivity index (χ4v) is 5.52. The average molecular weight is 401 g/mol. The molecule has 1 saturated heterocycles. The van der Waals surface area contributed by atoms with E-state index in [1.54, 1.807) is 42.5 Å². The molecule has 1 aromatic heterocycles. The minimum absolute atomic E-state index is 0.199. The molecule has 0 N–H and O–H groups in total. The first-order valence-electron chi connectivity index (χ1n) is 9.74. The smallest absolute Gasteiger partial charge is 0.268 e. The highest BCUT2D eigenvalue weighted by atomic mass is 32.2. The van der Waals surface area contributed by atoms with Crippen molar-refractivity contribution in [2.75, 3.05) is 20.1 Å². The summed E-state index contributed by atoms with van der Waals surface area (Å²) in [4.78, 5) is 2.54. The Balaban J connectivity index is 1.73. The number of hydrogen-bond acceptors (Lipinski definition) is 3. The van der Waals surface area contributed by atoms with Gasteiger partial charge in [-0.05, 0) is 87.6 Å². The molecule has 4 nitrogen and oxygen atoms in total. The maximum absolute atomic E-state index is 14.4. The first-order valence-corrected chi connectivity index (χ1v) is 11.2. The van der Waals surface area contributed by atoms with Crippen molar-refractivity contribution in [3.63, 3.8) is 0 Å². The van der Waals surface area contributed by atoms with E-state index in [1.165, 1.54) is 16.2 Å². The van der Waals surface area contributed by atoms with Crippen LogP contribution in [0.4, 0.5) is 4.39 Å². The second kappa shape index (κ2) is 7.68. The van der Waals surface area contributed by atoms with E-state index in [0.29, 0.717) is 11.4 Å². The summed E-state index contributed by atoms with van der Waals surface area (Å²) >= 11 is 0. The zero-order valence-electron chi connectivity index (χ0n) is 16.0. The van der Waals surface area contributed by atoms with Gasteiger partial charge in [0.05, 0.1) is 10.4 Å². The van der Waals surface area contributed by atoms with Gasteiger partial charge < -0.3 is 4.90 Å². The summed E-state index contributed by atoms with van der Waals surface area (Å²) in [5.74, 6) is 0.0977. The van der Waals surface area contributed by atoms with Gasteiger partial charge in [-0.1, -0.05) is 18.2 Å². The van der Waals surface area contributed by atoms with Crippen LogP contribution in [-0.4, -0.2) is 37.4 Å². The number of benzene rings is 2. The van der Waals surface area contributed by atoms with Gasteiger partial charge in [0.2, 0.25) is 0 Å². The number of likely N-dealkylation sites (tertiary alicyclic amines) is 1. The number of hydrogen-bond donors (Lipinski definition) is 0. The molecule has 6 heteroatoms. The second-order valence-corrected chi connectivity index (χ2v) is 9.55. The maximum Gasteiger partial charge on any atom is 0.268 e. The summed E-state index contributed by atoms with van der Waals surface area (Å²) in [6.45, 7) is 2.15. The van der Waals surface area contributed by atoms with Crippen LogP contribution >= 0.6 is 0 Å². The van der Waals surface area contributed by atoms with E-state index >= 15 is 0 Å². The number of rotatable bonds is 4. The van der Waals surface area contributed by atoms with Gasteiger partial charge in [-0.3, -0.25) is 0 Å². The van der Waals surface area contributed by atoms with Crippen molar-refractivity contribution >= 4 is 20.9 Å². The molecule has 0 radical (unpaired) electrons. The first kappa shape index (κ1) is 19.2. The summed E-state index contributed by atoms with van der Waals surface area (Å²) in [6.07, 6.45) is 5.65. The average Bonchev–Trinajstić information content (AvgIpc) is 3.01. The van der Waals surface area contributed by atoms with Gasteiger partial charge in [0.1, 0.15) is 5.82 Å². The van der Waals surface area contributed by atoms with Crippen LogP contribution in [0.25, 0.3) is 10.9 Å². The minimum atomic E-state index is -3.76. The van der Waals surface area contributed by atoms with E-state index in [9.17, 15) is 12.8 Å². The molecular formula is C22H25FN2O2S. The van der Waals surface area contributed by atoms with Gasteiger partial charge in [0.15, 0.2) is 0 Å². The summed E-state index contributed by atoms with van der Waals surface area (Å²) in [6, 6.07) is 13.0. The van der Waals surface area contributed by atoms with Gasteiger partial charge in [0, 0.05) is 11.6 Å². The molecule has 0 bridgehead atoms. The molecule has 0 aliphatic carbocycles. The molecule has 148 valence electrons. The van der Waals surface area contributed by atoms with E-state index in [2.05, 4.69) is 11.9 Å². The Hall–Kier alpha value is -2.18. The number of halogens is 1. The SMILES string of the molecule is CN1CCCC(Cc2cc(F)cc3c2ccn3S(=O)(=O)c2ccccc2)CC1. The van der Waals surface area contributed by atoms with E-state index < -0.39 is 15.8 Å². The molecule has 3 aromatic rings. The third kappa shape index (κ3) is 3.71. The van der Waals surface area contributed by atoms with E-state index in [4.69, 9.17) is 0 Å². The van der Waals surface area contributed by atoms with Crippen LogP contribution in [0.1, 0.15) is 24.8 Å². The third-order valence-corrected chi connectivity index (χ3v) is 7.41. The molecule has 0 amide bonds. The molecule has 1 fully saturated rings. The molecule has 1 unspecified atom stereocenters. The Morgan fingerprint density at radius 3 is 2.64 bits per heavy atom. The lowest BCUT2D eigenvalue weighted by molar-refractivity contribution is 0.341. The van der Waals surface area contributed by atoms with E-state index in [1.807, 2.05) is 0 Å². The van der Waals surface area contributed by atoms with Gasteiger partial charge in [0.25, 0.3) is 10.0 Å². The molecule has 1 aliphatic rings. The van der Waals surface area contributed by atoms with Crippen molar-refractivity contribution in [2.24, 2.45) is 5.92 Å². The predicted molar refractivity (Wildman–Crippen MR) is 109 cm³/mol. The highest BCUT2D eigenvalue weighted by Crippen LogP contribution is 2.30. The fourth-order valence-electron chi connectivity index (χ4n) is 4.16. The lowest BCUT2D eigenvalue weighted by Crippen LogP contribution is -2.19. The normalized spacial score (nSPS) is 19.0. The van der Waals surface area contributed by atoms with Crippen LogP contribution in [0.3, 0.4) is 0 Å². The van der Waals surface area contributed by atoms with Crippen LogP contribution in [0.5, 0.6) is 0 Å². The van der Waals surface area contributed by atoms with Crippen molar-refractivity contribution in [1.29, 1.82) is 0 Å². The van der Waals surface area contributed by atoms with Crippen molar-refractivity contribution in [3.8, 4) is 0 Å². The standard InChI is InChI=1S/C22H25FN2O2S/c1-24-11-5-6-17(9-12-24)14-18-15-19(23)16-22-21(18)10-13-25(22)28(26,27)20-7-3-2-4-8-20/h2-4,7-8,10,13,15-17H,5-6,9,11-12,14H2,1H3. The largest absolute Gasteiger partial charge is 0.306 e. The third-order valence-electron chi connectivity index (χ3n) is 5.70. The van der Waals surface area contributed by atoms with Crippen LogP contribution in [0.15, 0.2) is 59.6 Å². The Labute approximate surface area is 165 Å². The molecule has 1 aliphatic heterocycles. The van der Waals surface area contributed by atoms with Crippen molar-refractivity contribution in [2.45, 2.75) is 30.6 Å². The van der Waals surface area contributed by atoms with Crippen molar-refractivity contribution in [1.82, 2.24) is 8.87 Å². The quantitative estimate of drug-likeness (QED) is 0.656. The van der Waals surface area contributed by atoms with Crippen LogP contribution in [0.2, 0.25) is 0 Å². The molecular weight excluding hydrogens is 375 g/mol. The number of aromatic nitrogens is 1. The molecule has 0 saturated carbocycles. The predicted octanol–water partition coefficient (Wildman–Crippen LogP) is 4.29. The second-order valence-electron chi connectivity index (χ2n) is 7.73. The summed E-state index contributed by atoms with van der Waals surface area (Å²) < 4.78 is 41.7. The monoisotopic (exact) mass is 400 g/mol. The summed E-state index contributed by atoms with van der Waals surface area (Å²) in [5.41, 5.74) is 1.30. The maximum atomic E-state index is 14.4. The Bertz CT molecular complexity index is 1080. The molecule has 0 spiro atoms. The minimum Gasteiger partial charge on any atom is -0.306 e. The van der Waals surface area contributed by atoms with Crippen molar-refractivity contribution in [3.05, 3.63) is 66.1 Å². The molecule has 2 aromatic carbocycles. The van der Waals surface area contributed by atoms with Crippen molar-refractivity contribution < 1.29 is 12.8 Å². The molecule has 28 heavy (non-hydrogen) atoms. The highest BCUT2D eigenvalue weighted by Gasteiger charge is 2.22. The number of fused-ring (bicyclic) bond motifs is 1. The zero-order chi connectivity index (χ0) is 19.7. The lowest BCUT2D eigenvalue weighted by Gasteiger charge is -2.16. The van der Waals surface area contributed by atoms with Gasteiger partial charge >= 0.3 is 0 Å². The van der Waals surface area contributed by atoms with Gasteiger partial charge in [-0.25, -0.2) is 16.8 Å². The number of nitrogens with zero attached hydrogens (tertiary/aromatic N) is 2. The lowest BCUT2D eigenvalue weighted by atomic mass is 9.91. The molecule has 1 atom stereocenters. The Morgan fingerprint density at radius 1 is 1.07 bits per heavy atom. The Morgan fingerprint density at radius 2 is 1.86 bits per heavy atom. The summed E-state index contributed by atoms with van der Waals surface area (Å²) in [7, 11) is -1.62.